The molecule has 0 radical (unpaired) electrons. The second kappa shape index (κ2) is 6.20. The first-order valence-electron chi connectivity index (χ1n) is 4.39. The number of hydrogen-bond donors (Lipinski definition) is 2. The third-order valence-electron chi connectivity index (χ3n) is 1.74. The van der Waals surface area contributed by atoms with Gasteiger partial charge in [-0.15, -0.1) is 0 Å². The molecule has 0 heterocycles. The van der Waals surface area contributed by atoms with Crippen LogP contribution in [0.25, 0.3) is 0 Å². The summed E-state index contributed by atoms with van der Waals surface area (Å²) in [5, 5.41) is -0.0940. The molecule has 94 valence electrons. The van der Waals surface area contributed by atoms with E-state index in [-0.39, 0.29) is 16.4 Å². The molecule has 0 rings (SSSR count). The first kappa shape index (κ1) is 15.4. The van der Waals surface area contributed by atoms with Gasteiger partial charge in [0, 0.05) is 11.3 Å². The van der Waals surface area contributed by atoms with Crippen LogP contribution in [0.15, 0.2) is 59.5 Å². The predicted octanol–water partition coefficient (Wildman–Crippen LogP) is 3.10. The SMILES string of the molecule is C=CC(/C(N)=C/C=C(\N)Cl)=C(\C=C)C(F)(F)F. The summed E-state index contributed by atoms with van der Waals surface area (Å²) in [6.45, 7) is 6.38. The van der Waals surface area contributed by atoms with Gasteiger partial charge in [0.15, 0.2) is 0 Å². The smallest absolute Gasteiger partial charge is 0.398 e. The Hall–Kier alpha value is -1.62. The van der Waals surface area contributed by atoms with E-state index in [1.54, 1.807) is 0 Å². The number of allylic oxidation sites excluding steroid dienone is 5. The number of hydrogen-bond acceptors (Lipinski definition) is 2. The lowest BCUT2D eigenvalue weighted by Gasteiger charge is -2.12. The molecule has 0 saturated heterocycles. The van der Waals surface area contributed by atoms with Crippen molar-refractivity contribution in [3.63, 3.8) is 0 Å². The molecule has 0 aromatic heterocycles. The first-order chi connectivity index (χ1) is 7.73. The summed E-state index contributed by atoms with van der Waals surface area (Å²) in [4.78, 5) is 0. The minimum atomic E-state index is -4.56. The fourth-order valence-electron chi connectivity index (χ4n) is 1.02. The van der Waals surface area contributed by atoms with Gasteiger partial charge in [0.05, 0.1) is 10.7 Å². The second-order valence-corrected chi connectivity index (χ2v) is 3.34. The Balaban J connectivity index is 5.68. The van der Waals surface area contributed by atoms with Gasteiger partial charge in [-0.2, -0.15) is 13.2 Å². The Morgan fingerprint density at radius 1 is 1.06 bits per heavy atom. The predicted molar refractivity (Wildman–Crippen MR) is 63.9 cm³/mol. The molecule has 0 aliphatic heterocycles. The summed E-state index contributed by atoms with van der Waals surface area (Å²) in [7, 11) is 0. The highest BCUT2D eigenvalue weighted by atomic mass is 35.5. The lowest BCUT2D eigenvalue weighted by Crippen LogP contribution is -2.15. The Kier molecular flexibility index (Phi) is 5.61. The third-order valence-corrected chi connectivity index (χ3v) is 1.86. The van der Waals surface area contributed by atoms with Gasteiger partial charge in [-0.3, -0.25) is 0 Å². The van der Waals surface area contributed by atoms with Crippen LogP contribution in [0.4, 0.5) is 13.2 Å². The zero-order valence-corrected chi connectivity index (χ0v) is 9.65. The number of nitrogens with two attached hydrogens (primary N) is 2. The van der Waals surface area contributed by atoms with Crippen LogP contribution < -0.4 is 11.5 Å². The van der Waals surface area contributed by atoms with Gasteiger partial charge in [-0.1, -0.05) is 36.9 Å². The molecule has 0 spiro atoms. The maximum absolute atomic E-state index is 12.6. The van der Waals surface area contributed by atoms with Crippen LogP contribution >= 0.6 is 11.6 Å². The molecule has 17 heavy (non-hydrogen) atoms. The Labute approximate surface area is 102 Å². The van der Waals surface area contributed by atoms with Gasteiger partial charge in [0.25, 0.3) is 0 Å². The minimum Gasteiger partial charge on any atom is -0.398 e. The summed E-state index contributed by atoms with van der Waals surface area (Å²) in [5.74, 6) is 0. The van der Waals surface area contributed by atoms with Gasteiger partial charge in [0.1, 0.15) is 0 Å². The van der Waals surface area contributed by atoms with Crippen LogP contribution in [-0.4, -0.2) is 6.18 Å². The van der Waals surface area contributed by atoms with Crippen LogP contribution in [0.5, 0.6) is 0 Å². The standard InChI is InChI=1S/C11H12ClF3N2/c1-3-7(8(4-2)11(13,14)15)9(16)5-6-10(12)17/h3-6H,1-2,16-17H2/b8-7-,9-5-,10-6-. The molecule has 0 aromatic rings. The zero-order valence-electron chi connectivity index (χ0n) is 8.89. The topological polar surface area (TPSA) is 52.0 Å². The number of alkyl halides is 3. The Bertz CT molecular complexity index is 399. The fraction of sp³-hybridized carbons (Fsp3) is 0.0909. The van der Waals surface area contributed by atoms with Crippen LogP contribution in [0.1, 0.15) is 0 Å². The van der Waals surface area contributed by atoms with E-state index in [2.05, 4.69) is 13.2 Å². The number of rotatable bonds is 4. The molecular formula is C11H12ClF3N2. The third kappa shape index (κ3) is 4.82. The molecule has 0 aromatic carbocycles. The normalized spacial score (nSPS) is 15.3. The molecule has 6 heteroatoms. The first-order valence-corrected chi connectivity index (χ1v) is 4.77. The Morgan fingerprint density at radius 2 is 1.59 bits per heavy atom. The monoisotopic (exact) mass is 264 g/mol. The zero-order chi connectivity index (χ0) is 13.6. The van der Waals surface area contributed by atoms with Crippen molar-refractivity contribution in [3.8, 4) is 0 Å². The molecular weight excluding hydrogens is 253 g/mol. The van der Waals surface area contributed by atoms with Crippen molar-refractivity contribution < 1.29 is 13.2 Å². The van der Waals surface area contributed by atoms with Crippen LogP contribution in [0.3, 0.4) is 0 Å². The summed E-state index contributed by atoms with van der Waals surface area (Å²) < 4.78 is 37.8. The molecule has 0 bridgehead atoms. The van der Waals surface area contributed by atoms with Crippen LogP contribution in [0, 0.1) is 0 Å². The lowest BCUT2D eigenvalue weighted by atomic mass is 10.0. The van der Waals surface area contributed by atoms with Crippen molar-refractivity contribution in [1.29, 1.82) is 0 Å². The molecule has 0 atom stereocenters. The quantitative estimate of drug-likeness (QED) is 0.606. The highest BCUT2D eigenvalue weighted by molar-refractivity contribution is 6.29. The van der Waals surface area contributed by atoms with E-state index >= 15 is 0 Å². The van der Waals surface area contributed by atoms with E-state index in [0.29, 0.717) is 6.08 Å². The van der Waals surface area contributed by atoms with Gasteiger partial charge in [-0.05, 0) is 12.2 Å². The van der Waals surface area contributed by atoms with E-state index in [1.807, 2.05) is 0 Å². The minimum absolute atomic E-state index is 0.0940. The molecule has 0 saturated carbocycles. The fourth-order valence-corrected chi connectivity index (χ4v) is 1.08. The van der Waals surface area contributed by atoms with Crippen molar-refractivity contribution >= 4 is 11.6 Å². The highest BCUT2D eigenvalue weighted by Gasteiger charge is 2.33. The second-order valence-electron chi connectivity index (χ2n) is 2.91. The summed E-state index contributed by atoms with van der Waals surface area (Å²) >= 11 is 5.33. The van der Waals surface area contributed by atoms with Gasteiger partial charge in [-0.25, -0.2) is 0 Å². The molecule has 0 aliphatic rings. The highest BCUT2D eigenvalue weighted by Crippen LogP contribution is 2.31. The summed E-state index contributed by atoms with van der Waals surface area (Å²) in [5.41, 5.74) is 9.19. The molecule has 0 aliphatic carbocycles. The maximum atomic E-state index is 12.6. The molecule has 4 N–H and O–H groups in total. The lowest BCUT2D eigenvalue weighted by molar-refractivity contribution is -0.0886. The van der Waals surface area contributed by atoms with Gasteiger partial charge in [0.2, 0.25) is 0 Å². The summed E-state index contributed by atoms with van der Waals surface area (Å²) in [6, 6.07) is 0. The van der Waals surface area contributed by atoms with Gasteiger partial charge < -0.3 is 11.5 Å². The van der Waals surface area contributed by atoms with Crippen molar-refractivity contribution in [3.05, 3.63) is 59.5 Å². The number of halogens is 4. The van der Waals surface area contributed by atoms with E-state index in [0.717, 1.165) is 12.2 Å². The van der Waals surface area contributed by atoms with Crippen LogP contribution in [-0.2, 0) is 0 Å². The molecule has 2 nitrogen and oxygen atoms in total. The van der Waals surface area contributed by atoms with Crippen molar-refractivity contribution in [1.82, 2.24) is 0 Å². The molecule has 0 amide bonds. The largest absolute Gasteiger partial charge is 0.417 e. The van der Waals surface area contributed by atoms with Crippen molar-refractivity contribution in [2.24, 2.45) is 11.5 Å². The van der Waals surface area contributed by atoms with E-state index in [4.69, 9.17) is 23.1 Å². The summed E-state index contributed by atoms with van der Waals surface area (Å²) in [6.07, 6.45) is -0.550. The van der Waals surface area contributed by atoms with Crippen LogP contribution in [0.2, 0.25) is 0 Å². The van der Waals surface area contributed by atoms with E-state index in [9.17, 15) is 13.2 Å². The van der Waals surface area contributed by atoms with Gasteiger partial charge >= 0.3 is 6.18 Å². The maximum Gasteiger partial charge on any atom is 0.417 e. The van der Waals surface area contributed by atoms with E-state index < -0.39 is 11.7 Å². The Morgan fingerprint density at radius 3 is 1.88 bits per heavy atom. The average molecular weight is 265 g/mol. The molecule has 0 fully saturated rings. The van der Waals surface area contributed by atoms with E-state index in [1.165, 1.54) is 6.08 Å². The average Bonchev–Trinajstić information content (AvgIpc) is 2.20. The molecule has 0 unspecified atom stereocenters. The van der Waals surface area contributed by atoms with Crippen molar-refractivity contribution in [2.75, 3.05) is 0 Å². The van der Waals surface area contributed by atoms with Crippen molar-refractivity contribution in [2.45, 2.75) is 6.18 Å².